The maximum atomic E-state index is 11.4. The average molecular weight is 447 g/mol. The first kappa shape index (κ1) is 22.2. The van der Waals surface area contributed by atoms with Gasteiger partial charge in [-0.2, -0.15) is 5.10 Å². The number of benzene rings is 1. The molecular formula is C24H26N6O3. The first-order valence-corrected chi connectivity index (χ1v) is 10.7. The van der Waals surface area contributed by atoms with E-state index < -0.39 is 5.91 Å². The van der Waals surface area contributed by atoms with E-state index in [-0.39, 0.29) is 0 Å². The lowest BCUT2D eigenvalue weighted by molar-refractivity contribution is 0.100. The Hall–Kier alpha value is -3.98. The van der Waals surface area contributed by atoms with Crippen LogP contribution in [0.25, 0.3) is 0 Å². The summed E-state index contributed by atoms with van der Waals surface area (Å²) in [7, 11) is 0. The summed E-state index contributed by atoms with van der Waals surface area (Å²) >= 11 is 0. The fourth-order valence-electron chi connectivity index (χ4n) is 3.38. The van der Waals surface area contributed by atoms with Crippen LogP contribution in [0.4, 0.5) is 11.4 Å². The first-order valence-electron chi connectivity index (χ1n) is 10.7. The number of rotatable bonds is 9. The Kier molecular flexibility index (Phi) is 7.44. The van der Waals surface area contributed by atoms with Gasteiger partial charge < -0.3 is 20.1 Å². The van der Waals surface area contributed by atoms with Crippen LogP contribution in [0.3, 0.4) is 0 Å². The Morgan fingerprint density at radius 3 is 2.85 bits per heavy atom. The van der Waals surface area contributed by atoms with Crippen LogP contribution in [-0.4, -0.2) is 55.0 Å². The van der Waals surface area contributed by atoms with Crippen LogP contribution < -0.4 is 20.8 Å². The minimum atomic E-state index is -0.491. The van der Waals surface area contributed by atoms with Crippen LogP contribution >= 0.6 is 0 Å². The average Bonchev–Trinajstić information content (AvgIpc) is 2.85. The van der Waals surface area contributed by atoms with Crippen LogP contribution in [0.2, 0.25) is 0 Å². The first-order chi connectivity index (χ1) is 16.2. The van der Waals surface area contributed by atoms with Crippen molar-refractivity contribution in [3.63, 3.8) is 0 Å². The monoisotopic (exact) mass is 446 g/mol. The Morgan fingerprint density at radius 1 is 1.18 bits per heavy atom. The highest BCUT2D eigenvalue weighted by Gasteiger charge is 2.14. The highest BCUT2D eigenvalue weighted by Crippen LogP contribution is 2.22. The fourth-order valence-corrected chi connectivity index (χ4v) is 3.38. The van der Waals surface area contributed by atoms with Gasteiger partial charge in [-0.25, -0.2) is 4.98 Å². The molecule has 33 heavy (non-hydrogen) atoms. The number of aromatic nitrogens is 2. The minimum absolute atomic E-state index is 0.409. The number of primary amides is 1. The maximum Gasteiger partial charge on any atom is 0.248 e. The number of nitrogens with one attached hydrogen (secondary N) is 1. The number of ether oxygens (including phenoxy) is 2. The molecule has 170 valence electrons. The molecule has 1 amide bonds. The third-order valence-electron chi connectivity index (χ3n) is 5.05. The summed E-state index contributed by atoms with van der Waals surface area (Å²) in [6, 6.07) is 16.5. The third kappa shape index (κ3) is 6.50. The van der Waals surface area contributed by atoms with Crippen molar-refractivity contribution in [2.24, 2.45) is 10.8 Å². The molecule has 2 aromatic heterocycles. The number of pyridine rings is 2. The van der Waals surface area contributed by atoms with Gasteiger partial charge in [-0.1, -0.05) is 12.1 Å². The van der Waals surface area contributed by atoms with Gasteiger partial charge in [0.1, 0.15) is 0 Å². The Labute approximate surface area is 192 Å². The number of carbonyl (C=O) groups excluding carboxylic acids is 1. The highest BCUT2D eigenvalue weighted by atomic mass is 16.5. The summed E-state index contributed by atoms with van der Waals surface area (Å²) < 4.78 is 11.4. The number of nitrogens with zero attached hydrogens (tertiary/aromatic N) is 4. The molecule has 1 saturated heterocycles. The van der Waals surface area contributed by atoms with E-state index in [1.807, 2.05) is 30.3 Å². The second-order valence-corrected chi connectivity index (χ2v) is 7.42. The van der Waals surface area contributed by atoms with Gasteiger partial charge in [-0.3, -0.25) is 15.2 Å². The molecule has 3 aromatic rings. The number of carbonyl (C=O) groups is 1. The molecule has 3 N–H and O–H groups in total. The van der Waals surface area contributed by atoms with Crippen molar-refractivity contribution in [3.05, 3.63) is 77.7 Å². The Bertz CT molecular complexity index is 1100. The topological polar surface area (TPSA) is 115 Å². The van der Waals surface area contributed by atoms with Crippen molar-refractivity contribution in [2.75, 3.05) is 43.2 Å². The molecule has 1 aliphatic rings. The SMILES string of the molecule is NC(=O)c1cccc(N/N=C\c2cc(N3CCOCC3)cc(OCCc3ccccn3)n2)c1. The van der Waals surface area contributed by atoms with Crippen LogP contribution in [-0.2, 0) is 11.2 Å². The van der Waals surface area contributed by atoms with Crippen molar-refractivity contribution < 1.29 is 14.3 Å². The van der Waals surface area contributed by atoms with Crippen LogP contribution in [0, 0.1) is 0 Å². The lowest BCUT2D eigenvalue weighted by atomic mass is 10.2. The number of hydrogen-bond acceptors (Lipinski definition) is 8. The molecule has 0 saturated carbocycles. The third-order valence-corrected chi connectivity index (χ3v) is 5.05. The number of nitrogens with two attached hydrogens (primary N) is 1. The number of anilines is 2. The minimum Gasteiger partial charge on any atom is -0.477 e. The van der Waals surface area contributed by atoms with Crippen molar-refractivity contribution in [3.8, 4) is 5.88 Å². The summed E-state index contributed by atoms with van der Waals surface area (Å²) in [6.07, 6.45) is 4.07. The summed E-state index contributed by atoms with van der Waals surface area (Å²) in [4.78, 5) is 22.5. The number of amides is 1. The standard InChI is InChI=1S/C24H26N6O3/c25-24(31)18-4-3-6-20(14-18)29-27-17-21-15-22(30-9-12-32-13-10-30)16-23(28-21)33-11-7-19-5-1-2-8-26-19/h1-6,8,14-17,29H,7,9-13H2,(H2,25,31)/b27-17-. The molecule has 0 unspecified atom stereocenters. The van der Waals surface area contributed by atoms with Gasteiger partial charge in [0, 0.05) is 48.7 Å². The molecule has 0 spiro atoms. The zero-order valence-corrected chi connectivity index (χ0v) is 18.2. The van der Waals surface area contributed by atoms with Gasteiger partial charge in [-0.15, -0.1) is 0 Å². The molecular weight excluding hydrogens is 420 g/mol. The largest absolute Gasteiger partial charge is 0.477 e. The number of hydrogen-bond donors (Lipinski definition) is 2. The molecule has 0 radical (unpaired) electrons. The van der Waals surface area contributed by atoms with E-state index in [0.717, 1.165) is 24.5 Å². The molecule has 9 heteroatoms. The van der Waals surface area contributed by atoms with Gasteiger partial charge in [-0.05, 0) is 36.4 Å². The van der Waals surface area contributed by atoms with E-state index in [9.17, 15) is 4.79 Å². The van der Waals surface area contributed by atoms with E-state index in [1.165, 1.54) is 0 Å². The van der Waals surface area contributed by atoms with Crippen LogP contribution in [0.15, 0.2) is 65.9 Å². The second kappa shape index (κ2) is 11.1. The molecule has 4 rings (SSSR count). The van der Waals surface area contributed by atoms with Crippen molar-refractivity contribution in [1.82, 2.24) is 9.97 Å². The molecule has 9 nitrogen and oxygen atoms in total. The van der Waals surface area contributed by atoms with Crippen molar-refractivity contribution in [1.29, 1.82) is 0 Å². The van der Waals surface area contributed by atoms with Gasteiger partial charge in [0.05, 0.1) is 37.4 Å². The van der Waals surface area contributed by atoms with E-state index in [0.29, 0.717) is 49.1 Å². The fraction of sp³-hybridized carbons (Fsp3) is 0.250. The van der Waals surface area contributed by atoms with Crippen LogP contribution in [0.1, 0.15) is 21.7 Å². The smallest absolute Gasteiger partial charge is 0.248 e. The molecule has 0 bridgehead atoms. The van der Waals surface area contributed by atoms with E-state index >= 15 is 0 Å². The van der Waals surface area contributed by atoms with Gasteiger partial charge >= 0.3 is 0 Å². The van der Waals surface area contributed by atoms with Gasteiger partial charge in [0.15, 0.2) is 0 Å². The molecule has 0 aliphatic carbocycles. The lowest BCUT2D eigenvalue weighted by Gasteiger charge is -2.29. The van der Waals surface area contributed by atoms with E-state index in [4.69, 9.17) is 15.2 Å². The molecule has 0 atom stereocenters. The summed E-state index contributed by atoms with van der Waals surface area (Å²) in [5.74, 6) is 0.0297. The normalized spacial score (nSPS) is 13.8. The quantitative estimate of drug-likeness (QED) is 0.383. The zero-order chi connectivity index (χ0) is 22.9. The van der Waals surface area contributed by atoms with E-state index in [1.54, 1.807) is 36.7 Å². The molecule has 3 heterocycles. The molecule has 1 fully saturated rings. The van der Waals surface area contributed by atoms with Gasteiger partial charge in [0.25, 0.3) is 0 Å². The molecule has 1 aliphatic heterocycles. The number of hydrazone groups is 1. The highest BCUT2D eigenvalue weighted by molar-refractivity contribution is 5.93. The van der Waals surface area contributed by atoms with Crippen LogP contribution in [0.5, 0.6) is 5.88 Å². The predicted molar refractivity (Wildman–Crippen MR) is 127 cm³/mol. The Balaban J connectivity index is 1.47. The Morgan fingerprint density at radius 2 is 2.06 bits per heavy atom. The predicted octanol–water partition coefficient (Wildman–Crippen LogP) is 2.48. The van der Waals surface area contributed by atoms with E-state index in [2.05, 4.69) is 25.4 Å². The second-order valence-electron chi connectivity index (χ2n) is 7.42. The number of morpholine rings is 1. The lowest BCUT2D eigenvalue weighted by Crippen LogP contribution is -2.36. The molecule has 1 aromatic carbocycles. The zero-order valence-electron chi connectivity index (χ0n) is 18.2. The summed E-state index contributed by atoms with van der Waals surface area (Å²) in [5, 5.41) is 4.27. The van der Waals surface area contributed by atoms with Crippen molar-refractivity contribution >= 4 is 23.5 Å². The summed E-state index contributed by atoms with van der Waals surface area (Å²) in [5.41, 5.74) is 11.9. The maximum absolute atomic E-state index is 11.4. The van der Waals surface area contributed by atoms with Gasteiger partial charge in [0.2, 0.25) is 11.8 Å². The summed E-state index contributed by atoms with van der Waals surface area (Å²) in [6.45, 7) is 3.42. The van der Waals surface area contributed by atoms with Crippen molar-refractivity contribution in [2.45, 2.75) is 6.42 Å².